The van der Waals surface area contributed by atoms with Crippen LogP contribution in [0.15, 0.2) is 52.3 Å². The highest BCUT2D eigenvalue weighted by atomic mass is 32.2. The van der Waals surface area contributed by atoms with Gasteiger partial charge in [0.05, 0.1) is 27.8 Å². The van der Waals surface area contributed by atoms with Gasteiger partial charge >= 0.3 is 0 Å². The second kappa shape index (κ2) is 10.5. The normalized spacial score (nSPS) is 13.7. The summed E-state index contributed by atoms with van der Waals surface area (Å²) in [6.45, 7) is 1.13. The number of H-pyrrole nitrogens is 1. The number of carbonyl (C=O) groups is 1. The molecule has 42 heavy (non-hydrogen) atoms. The molecular weight excluding hydrogens is 590 g/mol. The zero-order valence-electron chi connectivity index (χ0n) is 22.4. The molecule has 0 radical (unpaired) electrons. The highest BCUT2D eigenvalue weighted by Gasteiger charge is 2.38. The predicted molar refractivity (Wildman–Crippen MR) is 150 cm³/mol. The number of amides is 1. The first-order valence-corrected chi connectivity index (χ1v) is 16.2. The van der Waals surface area contributed by atoms with E-state index in [0.717, 1.165) is 29.0 Å². The minimum Gasteiger partial charge on any atom is -0.331 e. The number of halogens is 2. The molecule has 0 unspecified atom stereocenters. The molecule has 0 bridgehead atoms. The quantitative estimate of drug-likeness (QED) is 0.288. The van der Waals surface area contributed by atoms with Gasteiger partial charge in [0.25, 0.3) is 11.5 Å². The van der Waals surface area contributed by atoms with Gasteiger partial charge in [0.2, 0.25) is 10.0 Å². The maximum atomic E-state index is 15.3. The molecule has 1 amide bonds. The maximum absolute atomic E-state index is 15.3. The van der Waals surface area contributed by atoms with Crippen LogP contribution in [0.3, 0.4) is 0 Å². The van der Waals surface area contributed by atoms with Gasteiger partial charge in [-0.1, -0.05) is 6.92 Å². The van der Waals surface area contributed by atoms with Crippen molar-refractivity contribution >= 4 is 36.7 Å². The summed E-state index contributed by atoms with van der Waals surface area (Å²) in [4.78, 5) is 28.8. The van der Waals surface area contributed by atoms with E-state index in [1.807, 2.05) is 4.72 Å². The molecule has 5 rings (SSSR count). The molecule has 0 aliphatic heterocycles. The summed E-state index contributed by atoms with van der Waals surface area (Å²) < 4.78 is 84.0. The first-order valence-electron chi connectivity index (χ1n) is 12.8. The summed E-state index contributed by atoms with van der Waals surface area (Å²) in [7, 11) is -8.09. The summed E-state index contributed by atoms with van der Waals surface area (Å²) in [6.07, 6.45) is 3.16. The van der Waals surface area contributed by atoms with Crippen molar-refractivity contribution in [3.05, 3.63) is 87.0 Å². The van der Waals surface area contributed by atoms with Crippen molar-refractivity contribution in [3.63, 3.8) is 0 Å². The van der Waals surface area contributed by atoms with E-state index in [1.165, 1.54) is 24.4 Å². The summed E-state index contributed by atoms with van der Waals surface area (Å²) >= 11 is 0. The van der Waals surface area contributed by atoms with E-state index >= 15 is 8.78 Å². The second-order valence-electron chi connectivity index (χ2n) is 10.0. The number of rotatable bonds is 8. The van der Waals surface area contributed by atoms with E-state index in [0.29, 0.717) is 12.8 Å². The summed E-state index contributed by atoms with van der Waals surface area (Å²) in [5.41, 5.74) is -1.47. The van der Waals surface area contributed by atoms with E-state index in [1.54, 1.807) is 13.0 Å². The number of hydrogen-bond donors (Lipinski definition) is 2. The third-order valence-electron chi connectivity index (χ3n) is 7.11. The van der Waals surface area contributed by atoms with Gasteiger partial charge in [-0.3, -0.25) is 9.59 Å². The lowest BCUT2D eigenvalue weighted by Gasteiger charge is -2.15. The monoisotopic (exact) mass is 614 g/mol. The van der Waals surface area contributed by atoms with Crippen LogP contribution >= 0.6 is 0 Å². The van der Waals surface area contributed by atoms with Crippen molar-refractivity contribution in [2.75, 3.05) is 6.26 Å². The number of sulfone groups is 1. The van der Waals surface area contributed by atoms with E-state index < -0.39 is 65.2 Å². The van der Waals surface area contributed by atoms with E-state index in [2.05, 4.69) is 4.98 Å². The average Bonchev–Trinajstić information content (AvgIpc) is 3.74. The molecule has 1 saturated carbocycles. The molecule has 0 spiro atoms. The van der Waals surface area contributed by atoms with Gasteiger partial charge in [-0.25, -0.2) is 30.3 Å². The number of pyridine rings is 1. The molecular formula is C28H24F2N4O6S2. The highest BCUT2D eigenvalue weighted by molar-refractivity contribution is 7.91. The van der Waals surface area contributed by atoms with Crippen LogP contribution in [0.1, 0.15) is 46.9 Å². The average molecular weight is 615 g/mol. The Kier molecular flexibility index (Phi) is 7.28. The van der Waals surface area contributed by atoms with Crippen molar-refractivity contribution in [1.82, 2.24) is 14.3 Å². The Balaban J connectivity index is 1.86. The number of nitrogens with one attached hydrogen (secondary N) is 2. The van der Waals surface area contributed by atoms with Crippen LogP contribution in [0.25, 0.3) is 22.0 Å². The van der Waals surface area contributed by atoms with Gasteiger partial charge in [0.1, 0.15) is 23.4 Å². The Morgan fingerprint density at radius 1 is 1.12 bits per heavy atom. The predicted octanol–water partition coefficient (Wildman–Crippen LogP) is 3.38. The molecule has 1 aliphatic rings. The lowest BCUT2D eigenvalue weighted by molar-refractivity contribution is 0.0973. The Hall–Kier alpha value is -4.35. The van der Waals surface area contributed by atoms with Crippen LogP contribution in [-0.4, -0.2) is 43.8 Å². The van der Waals surface area contributed by atoms with Crippen LogP contribution in [0, 0.1) is 23.0 Å². The van der Waals surface area contributed by atoms with Crippen LogP contribution in [-0.2, 0) is 32.8 Å². The standard InChI is InChI=1S/C28H24F2N4O6S2/c1-3-15-9-20-23(12-22(15)30)34(14-17-11-24(41(2,37)38)16(13-31)10-21(17)29)26(25(20)19-5-4-8-32-27(19)35)28(36)33-42(39,40)18-6-7-18/h4-5,8-12,18H,3,6-7,14H2,1-2H3,(H,32,35)(H,33,36). The van der Waals surface area contributed by atoms with Gasteiger partial charge in [0.15, 0.2) is 9.84 Å². The largest absolute Gasteiger partial charge is 0.331 e. The number of aromatic nitrogens is 2. The number of hydrogen-bond acceptors (Lipinski definition) is 7. The van der Waals surface area contributed by atoms with Gasteiger partial charge in [-0.15, -0.1) is 0 Å². The van der Waals surface area contributed by atoms with Gasteiger partial charge in [0, 0.05) is 34.5 Å². The third kappa shape index (κ3) is 5.21. The minimum absolute atomic E-state index is 0.0116. The fraction of sp³-hybridized carbons (Fsp3) is 0.250. The summed E-state index contributed by atoms with van der Waals surface area (Å²) in [6, 6.07) is 8.77. The molecule has 2 heterocycles. The van der Waals surface area contributed by atoms with Gasteiger partial charge in [-0.05, 0) is 61.2 Å². The number of benzene rings is 2. The number of aromatic amines is 1. The highest BCUT2D eigenvalue weighted by Crippen LogP contribution is 2.37. The van der Waals surface area contributed by atoms with Crippen LogP contribution in [0.2, 0.25) is 0 Å². The zero-order valence-corrected chi connectivity index (χ0v) is 24.0. The number of aryl methyl sites for hydroxylation is 1. The van der Waals surface area contributed by atoms with Crippen molar-refractivity contribution in [2.24, 2.45) is 0 Å². The zero-order chi connectivity index (χ0) is 30.6. The van der Waals surface area contributed by atoms with Crippen LogP contribution in [0.5, 0.6) is 0 Å². The van der Waals surface area contributed by atoms with Crippen LogP contribution in [0.4, 0.5) is 8.78 Å². The molecule has 4 aromatic rings. The van der Waals surface area contributed by atoms with Crippen molar-refractivity contribution in [1.29, 1.82) is 5.26 Å². The van der Waals surface area contributed by atoms with Crippen molar-refractivity contribution in [2.45, 2.75) is 42.9 Å². The fourth-order valence-corrected chi connectivity index (χ4v) is 7.04. The Morgan fingerprint density at radius 2 is 1.81 bits per heavy atom. The minimum atomic E-state index is -4.10. The molecule has 2 aromatic carbocycles. The van der Waals surface area contributed by atoms with Gasteiger partial charge < -0.3 is 9.55 Å². The molecule has 0 atom stereocenters. The fourth-order valence-electron chi connectivity index (χ4n) is 4.90. The van der Waals surface area contributed by atoms with Crippen molar-refractivity contribution < 1.29 is 30.4 Å². The lowest BCUT2D eigenvalue weighted by Crippen LogP contribution is -2.35. The molecule has 2 aromatic heterocycles. The molecule has 14 heteroatoms. The lowest BCUT2D eigenvalue weighted by atomic mass is 10.0. The molecule has 218 valence electrons. The van der Waals surface area contributed by atoms with Gasteiger partial charge in [-0.2, -0.15) is 5.26 Å². The number of carbonyl (C=O) groups excluding carboxylic acids is 1. The maximum Gasteiger partial charge on any atom is 0.282 e. The molecule has 10 nitrogen and oxygen atoms in total. The number of sulfonamides is 1. The number of nitrogens with zero attached hydrogens (tertiary/aromatic N) is 2. The molecule has 2 N–H and O–H groups in total. The van der Waals surface area contributed by atoms with E-state index in [-0.39, 0.29) is 45.3 Å². The smallest absolute Gasteiger partial charge is 0.282 e. The van der Waals surface area contributed by atoms with Crippen molar-refractivity contribution in [3.8, 4) is 17.2 Å². The number of nitriles is 1. The number of fused-ring (bicyclic) bond motifs is 1. The van der Waals surface area contributed by atoms with Crippen LogP contribution < -0.4 is 10.3 Å². The second-order valence-corrected chi connectivity index (χ2v) is 14.0. The molecule has 1 aliphatic carbocycles. The van der Waals surface area contributed by atoms with E-state index in [4.69, 9.17) is 0 Å². The summed E-state index contributed by atoms with van der Waals surface area (Å²) in [5, 5.41) is 8.81. The first-order chi connectivity index (χ1) is 19.8. The Morgan fingerprint density at radius 3 is 2.40 bits per heavy atom. The Bertz CT molecular complexity index is 2110. The molecule has 0 saturated heterocycles. The first kappa shape index (κ1) is 29.2. The Labute approximate surface area is 239 Å². The molecule has 1 fully saturated rings. The topological polar surface area (TPSA) is 159 Å². The summed E-state index contributed by atoms with van der Waals surface area (Å²) in [5.74, 6) is -2.78. The third-order valence-corrected chi connectivity index (χ3v) is 10.1. The van der Waals surface area contributed by atoms with E-state index in [9.17, 15) is 31.7 Å². The SMILES string of the molecule is CCc1cc2c(-c3ccc[nH]c3=O)c(C(=O)NS(=O)(=O)C3CC3)n(Cc3cc(S(C)(=O)=O)c(C#N)cc3F)c2cc1F.